The molecule has 0 aliphatic heterocycles. The van der Waals surface area contributed by atoms with Gasteiger partial charge in [-0.2, -0.15) is 5.10 Å². The number of nitrogens with zero attached hydrogens (tertiary/aromatic N) is 3. The van der Waals surface area contributed by atoms with Gasteiger partial charge >= 0.3 is 12.1 Å². The first kappa shape index (κ1) is 27.1. The molecule has 200 valence electrons. The van der Waals surface area contributed by atoms with E-state index in [0.717, 1.165) is 12.8 Å². The minimum Gasteiger partial charge on any atom is -0.481 e. The van der Waals surface area contributed by atoms with E-state index in [4.69, 9.17) is 16.3 Å². The highest BCUT2D eigenvalue weighted by Crippen LogP contribution is 2.33. The van der Waals surface area contributed by atoms with Crippen LogP contribution in [0.4, 0.5) is 16.3 Å². The van der Waals surface area contributed by atoms with Gasteiger partial charge in [0.15, 0.2) is 0 Å². The van der Waals surface area contributed by atoms with E-state index >= 15 is 0 Å². The van der Waals surface area contributed by atoms with E-state index in [0.29, 0.717) is 51.9 Å². The van der Waals surface area contributed by atoms with Crippen LogP contribution in [0.3, 0.4) is 0 Å². The molecule has 1 saturated carbocycles. The number of carbonyl (C=O) groups excluding carboxylic acids is 2. The fraction of sp³-hybridized carbons (Fsp3) is 0.370. The fourth-order valence-electron chi connectivity index (χ4n) is 4.74. The first-order chi connectivity index (χ1) is 18.2. The lowest BCUT2D eigenvalue weighted by molar-refractivity contribution is -0.147. The Morgan fingerprint density at radius 1 is 1.11 bits per heavy atom. The summed E-state index contributed by atoms with van der Waals surface area (Å²) in [7, 11) is 1.68. The maximum absolute atomic E-state index is 12.9. The maximum Gasteiger partial charge on any atom is 0.413 e. The second-order valence-corrected chi connectivity index (χ2v) is 9.79. The van der Waals surface area contributed by atoms with Crippen molar-refractivity contribution in [3.05, 3.63) is 58.9 Å². The van der Waals surface area contributed by atoms with Crippen LogP contribution in [0.2, 0.25) is 5.02 Å². The van der Waals surface area contributed by atoms with Crippen LogP contribution in [-0.2, 0) is 21.4 Å². The van der Waals surface area contributed by atoms with Gasteiger partial charge in [-0.05, 0) is 44.9 Å². The highest BCUT2D eigenvalue weighted by Gasteiger charge is 2.36. The van der Waals surface area contributed by atoms with Crippen molar-refractivity contribution in [3.8, 4) is 11.3 Å². The van der Waals surface area contributed by atoms with Gasteiger partial charge in [0.05, 0.1) is 40.7 Å². The first-order valence-corrected chi connectivity index (χ1v) is 12.8. The zero-order valence-electron chi connectivity index (χ0n) is 21.4. The van der Waals surface area contributed by atoms with E-state index < -0.39 is 30.0 Å². The molecule has 0 radical (unpaired) electrons. The van der Waals surface area contributed by atoms with Crippen LogP contribution in [0.5, 0.6) is 0 Å². The fourth-order valence-corrected chi connectivity index (χ4v) is 5.03. The van der Waals surface area contributed by atoms with Gasteiger partial charge in [-0.1, -0.05) is 42.6 Å². The van der Waals surface area contributed by atoms with Crippen LogP contribution in [0.1, 0.15) is 50.0 Å². The minimum atomic E-state index is -0.938. The molecule has 4 rings (SSSR count). The molecule has 2 amide bonds. The van der Waals surface area contributed by atoms with Gasteiger partial charge in [0, 0.05) is 17.6 Å². The monoisotopic (exact) mass is 539 g/mol. The number of carboxylic acids is 1. The van der Waals surface area contributed by atoms with Gasteiger partial charge in [0.1, 0.15) is 11.9 Å². The molecule has 0 bridgehead atoms. The number of aliphatic carboxylic acids is 1. The lowest BCUT2D eigenvalue weighted by Crippen LogP contribution is -2.36. The number of ether oxygens (including phenoxy) is 1. The van der Waals surface area contributed by atoms with Crippen molar-refractivity contribution < 1.29 is 24.2 Å². The quantitative estimate of drug-likeness (QED) is 0.356. The highest BCUT2D eigenvalue weighted by atomic mass is 35.5. The normalized spacial score (nSPS) is 17.9. The summed E-state index contributed by atoms with van der Waals surface area (Å²) < 4.78 is 7.02. The molecule has 1 aromatic carbocycles. The molecule has 11 heteroatoms. The van der Waals surface area contributed by atoms with E-state index in [1.54, 1.807) is 57.4 Å². The average molecular weight is 540 g/mol. The summed E-state index contributed by atoms with van der Waals surface area (Å²) in [4.78, 5) is 41.8. The number of hydrogen-bond acceptors (Lipinski definition) is 6. The number of aromatic nitrogens is 3. The van der Waals surface area contributed by atoms with E-state index in [2.05, 4.69) is 20.7 Å². The summed E-state index contributed by atoms with van der Waals surface area (Å²) in [6.07, 6.45) is 3.01. The van der Waals surface area contributed by atoms with Crippen molar-refractivity contribution in [1.29, 1.82) is 0 Å². The number of rotatable bonds is 7. The molecule has 2 aromatic heterocycles. The van der Waals surface area contributed by atoms with Crippen LogP contribution in [0.15, 0.2) is 42.6 Å². The zero-order chi connectivity index (χ0) is 27.4. The number of hydrogen-bond donors (Lipinski definition) is 3. The lowest BCUT2D eigenvalue weighted by atomic mass is 9.78. The Hall–Kier alpha value is -3.92. The SMILES string of the molecule is Cc1nc(-c2cnn(C)c2NC(=O)OC(C)c2ccccc2Cl)ccc1NC(=O)[C@H]1CCCC[C@@H]1C(=O)O. The second kappa shape index (κ2) is 11.6. The second-order valence-electron chi connectivity index (χ2n) is 9.38. The molecule has 3 N–H and O–H groups in total. The Labute approximate surface area is 225 Å². The maximum atomic E-state index is 12.9. The molecule has 0 saturated heterocycles. The van der Waals surface area contributed by atoms with Crippen LogP contribution >= 0.6 is 11.6 Å². The van der Waals surface area contributed by atoms with Gasteiger partial charge < -0.3 is 15.2 Å². The number of carboxylic acid groups (broad SMARTS) is 1. The van der Waals surface area contributed by atoms with Gasteiger partial charge in [-0.25, -0.2) is 4.79 Å². The number of amides is 2. The zero-order valence-corrected chi connectivity index (χ0v) is 22.2. The Balaban J connectivity index is 1.47. The van der Waals surface area contributed by atoms with Crippen molar-refractivity contribution in [2.75, 3.05) is 10.6 Å². The predicted octanol–water partition coefficient (Wildman–Crippen LogP) is 5.58. The molecule has 1 unspecified atom stereocenters. The van der Waals surface area contributed by atoms with Gasteiger partial charge in [-0.15, -0.1) is 0 Å². The molecule has 1 fully saturated rings. The molecule has 10 nitrogen and oxygen atoms in total. The smallest absolute Gasteiger partial charge is 0.413 e. The van der Waals surface area contributed by atoms with Crippen molar-refractivity contribution in [2.45, 2.75) is 45.6 Å². The summed E-state index contributed by atoms with van der Waals surface area (Å²) >= 11 is 6.21. The van der Waals surface area contributed by atoms with Gasteiger partial charge in [-0.3, -0.25) is 24.6 Å². The summed E-state index contributed by atoms with van der Waals surface area (Å²) in [5, 5.41) is 19.8. The third-order valence-electron chi connectivity index (χ3n) is 6.83. The molecular formula is C27H30ClN5O5. The molecule has 1 aliphatic rings. The van der Waals surface area contributed by atoms with Gasteiger partial charge in [0.2, 0.25) is 5.91 Å². The van der Waals surface area contributed by atoms with E-state index in [-0.39, 0.29) is 5.91 Å². The van der Waals surface area contributed by atoms with E-state index in [1.165, 1.54) is 4.68 Å². The molecule has 0 spiro atoms. The highest BCUT2D eigenvalue weighted by molar-refractivity contribution is 6.31. The van der Waals surface area contributed by atoms with Crippen LogP contribution in [-0.4, -0.2) is 37.8 Å². The van der Waals surface area contributed by atoms with Gasteiger partial charge in [0.25, 0.3) is 0 Å². The first-order valence-electron chi connectivity index (χ1n) is 12.4. The average Bonchev–Trinajstić information content (AvgIpc) is 3.24. The van der Waals surface area contributed by atoms with E-state index in [9.17, 15) is 19.5 Å². The topological polar surface area (TPSA) is 135 Å². The number of aryl methyl sites for hydroxylation is 2. The third-order valence-corrected chi connectivity index (χ3v) is 7.17. The predicted molar refractivity (Wildman–Crippen MR) is 143 cm³/mol. The summed E-state index contributed by atoms with van der Waals surface area (Å²) in [5.41, 5.74) is 2.83. The Morgan fingerprint density at radius 3 is 2.50 bits per heavy atom. The lowest BCUT2D eigenvalue weighted by Gasteiger charge is -2.27. The van der Waals surface area contributed by atoms with Crippen molar-refractivity contribution in [3.63, 3.8) is 0 Å². The van der Waals surface area contributed by atoms with E-state index in [1.807, 2.05) is 6.07 Å². The standard InChI is InChI=1S/C27H30ClN5O5/c1-15-22(31-25(34)18-9-4-5-10-19(18)26(35)36)12-13-23(30-15)20-14-29-33(3)24(20)32-27(37)38-16(2)17-8-6-7-11-21(17)28/h6-8,11-14,16,18-19H,4-5,9-10H2,1-3H3,(H,31,34)(H,32,37)(H,35,36)/t16?,18-,19-/m0/s1. The molecule has 1 aliphatic carbocycles. The molecule has 3 aromatic rings. The number of anilines is 2. The Bertz CT molecular complexity index is 1360. The summed E-state index contributed by atoms with van der Waals surface area (Å²) in [6.45, 7) is 3.48. The van der Waals surface area contributed by atoms with Crippen LogP contribution < -0.4 is 10.6 Å². The number of nitrogens with one attached hydrogen (secondary N) is 2. The molecule has 3 atom stereocenters. The Kier molecular flexibility index (Phi) is 8.31. The summed E-state index contributed by atoms with van der Waals surface area (Å²) in [5.74, 6) is -2.12. The number of benzene rings is 1. The summed E-state index contributed by atoms with van der Waals surface area (Å²) in [6, 6.07) is 10.6. The molecule has 2 heterocycles. The number of halogens is 1. The number of carbonyl (C=O) groups is 3. The third kappa shape index (κ3) is 5.96. The van der Waals surface area contributed by atoms with Crippen molar-refractivity contribution in [1.82, 2.24) is 14.8 Å². The van der Waals surface area contributed by atoms with Crippen molar-refractivity contribution in [2.24, 2.45) is 18.9 Å². The van der Waals surface area contributed by atoms with Crippen LogP contribution in [0, 0.1) is 18.8 Å². The van der Waals surface area contributed by atoms with Crippen LogP contribution in [0.25, 0.3) is 11.3 Å². The number of pyridine rings is 1. The van der Waals surface area contributed by atoms with Crippen molar-refractivity contribution >= 4 is 41.1 Å². The largest absolute Gasteiger partial charge is 0.481 e. The molecule has 38 heavy (non-hydrogen) atoms. The minimum absolute atomic E-state index is 0.311. The Morgan fingerprint density at radius 2 is 1.82 bits per heavy atom. The molecular weight excluding hydrogens is 510 g/mol.